The zero-order chi connectivity index (χ0) is 20.5. The maximum atomic E-state index is 13.1. The second-order valence-electron chi connectivity index (χ2n) is 7.77. The van der Waals surface area contributed by atoms with Crippen molar-refractivity contribution in [1.29, 1.82) is 0 Å². The van der Waals surface area contributed by atoms with E-state index in [0.29, 0.717) is 17.8 Å². The molecule has 152 valence electrons. The number of nitrogens with zero attached hydrogens (tertiary/aromatic N) is 3. The van der Waals surface area contributed by atoms with E-state index in [4.69, 9.17) is 4.74 Å². The van der Waals surface area contributed by atoms with E-state index in [-0.39, 0.29) is 18.0 Å². The number of benzene rings is 1. The number of hydrogen-bond donors (Lipinski definition) is 0. The number of carbonyl (C=O) groups excluding carboxylic acids is 1. The van der Waals surface area contributed by atoms with Gasteiger partial charge in [0.15, 0.2) is 0 Å². The predicted octanol–water partition coefficient (Wildman–Crippen LogP) is 3.25. The quantitative estimate of drug-likeness (QED) is 0.647. The van der Waals surface area contributed by atoms with Crippen molar-refractivity contribution in [3.05, 3.63) is 57.0 Å². The van der Waals surface area contributed by atoms with Crippen LogP contribution in [0.15, 0.2) is 35.4 Å². The minimum atomic E-state index is -0.142. The molecule has 0 N–H and O–H groups in total. The highest BCUT2D eigenvalue weighted by atomic mass is 32.1. The first kappa shape index (κ1) is 19.6. The average Bonchev–Trinajstić information content (AvgIpc) is 3.08. The highest BCUT2D eigenvalue weighted by molar-refractivity contribution is 7.18. The van der Waals surface area contributed by atoms with E-state index < -0.39 is 0 Å². The summed E-state index contributed by atoms with van der Waals surface area (Å²) in [5.74, 6) is 1.24. The van der Waals surface area contributed by atoms with Crippen LogP contribution in [0.25, 0.3) is 10.2 Å². The van der Waals surface area contributed by atoms with Gasteiger partial charge in [0.1, 0.15) is 17.1 Å². The summed E-state index contributed by atoms with van der Waals surface area (Å²) < 4.78 is 6.80. The number of aryl methyl sites for hydroxylation is 1. The number of ether oxygens (including phenoxy) is 1. The Kier molecular flexibility index (Phi) is 5.41. The molecule has 7 heteroatoms. The fourth-order valence-corrected chi connectivity index (χ4v) is 5.26. The molecule has 29 heavy (non-hydrogen) atoms. The molecule has 1 aliphatic rings. The monoisotopic (exact) mass is 411 g/mol. The zero-order valence-electron chi connectivity index (χ0n) is 17.0. The number of thiophene rings is 1. The van der Waals surface area contributed by atoms with Gasteiger partial charge in [-0.05, 0) is 36.8 Å². The van der Waals surface area contributed by atoms with Crippen LogP contribution in [0.4, 0.5) is 0 Å². The Morgan fingerprint density at radius 2 is 2.17 bits per heavy atom. The molecule has 3 aromatic rings. The van der Waals surface area contributed by atoms with Crippen LogP contribution in [0.2, 0.25) is 0 Å². The summed E-state index contributed by atoms with van der Waals surface area (Å²) in [6.45, 7) is 2.64. The van der Waals surface area contributed by atoms with Crippen LogP contribution >= 0.6 is 11.3 Å². The summed E-state index contributed by atoms with van der Waals surface area (Å²) in [4.78, 5) is 34.0. The number of para-hydroxylation sites is 1. The fourth-order valence-electron chi connectivity index (χ4n) is 3.92. The van der Waals surface area contributed by atoms with Crippen LogP contribution in [-0.4, -0.2) is 34.5 Å². The smallest absolute Gasteiger partial charge is 0.262 e. The summed E-state index contributed by atoms with van der Waals surface area (Å²) >= 11 is 1.62. The van der Waals surface area contributed by atoms with Crippen molar-refractivity contribution in [2.45, 2.75) is 39.3 Å². The normalized spacial score (nSPS) is 15.9. The predicted molar refractivity (Wildman–Crippen MR) is 115 cm³/mol. The minimum absolute atomic E-state index is 0.0194. The highest BCUT2D eigenvalue weighted by Gasteiger charge is 2.23. The van der Waals surface area contributed by atoms with Gasteiger partial charge in [0.2, 0.25) is 5.91 Å². The molecule has 0 spiro atoms. The van der Waals surface area contributed by atoms with Crippen LogP contribution < -0.4 is 10.3 Å². The Bertz CT molecular complexity index is 1120. The van der Waals surface area contributed by atoms with Gasteiger partial charge < -0.3 is 9.64 Å². The second-order valence-corrected chi connectivity index (χ2v) is 8.85. The number of hydrogen-bond acceptors (Lipinski definition) is 5. The highest BCUT2D eigenvalue weighted by Crippen LogP contribution is 2.35. The van der Waals surface area contributed by atoms with E-state index in [0.717, 1.165) is 41.0 Å². The lowest BCUT2D eigenvalue weighted by atomic mass is 9.89. The average molecular weight is 412 g/mol. The summed E-state index contributed by atoms with van der Waals surface area (Å²) in [5, 5.41) is 0.708. The number of likely N-dealkylation sites (N-methyl/N-ethyl adjacent to an activating group) is 1. The number of aromatic nitrogens is 2. The summed E-state index contributed by atoms with van der Waals surface area (Å²) in [6.07, 6.45) is 4.52. The first-order valence-corrected chi connectivity index (χ1v) is 10.6. The third-order valence-corrected chi connectivity index (χ3v) is 6.78. The third kappa shape index (κ3) is 3.79. The molecular weight excluding hydrogens is 386 g/mol. The number of methoxy groups -OCH3 is 1. The molecule has 0 saturated carbocycles. The molecule has 0 aliphatic heterocycles. The van der Waals surface area contributed by atoms with Gasteiger partial charge in [-0.2, -0.15) is 0 Å². The molecule has 2 aromatic heterocycles. The van der Waals surface area contributed by atoms with E-state index in [2.05, 4.69) is 11.9 Å². The van der Waals surface area contributed by atoms with Crippen molar-refractivity contribution < 1.29 is 9.53 Å². The van der Waals surface area contributed by atoms with Crippen LogP contribution in [0, 0.1) is 5.92 Å². The van der Waals surface area contributed by atoms with Crippen LogP contribution in [-0.2, 0) is 30.7 Å². The molecular formula is C22H25N3O3S. The van der Waals surface area contributed by atoms with Crippen molar-refractivity contribution in [1.82, 2.24) is 14.5 Å². The van der Waals surface area contributed by atoms with Crippen LogP contribution in [0.1, 0.15) is 29.3 Å². The lowest BCUT2D eigenvalue weighted by Gasteiger charge is -2.19. The second kappa shape index (κ2) is 7.99. The molecule has 1 aromatic carbocycles. The molecule has 0 bridgehead atoms. The van der Waals surface area contributed by atoms with Gasteiger partial charge in [0.25, 0.3) is 5.56 Å². The van der Waals surface area contributed by atoms with Gasteiger partial charge in [0, 0.05) is 24.0 Å². The Hall–Kier alpha value is -2.67. The number of amides is 1. The maximum Gasteiger partial charge on any atom is 0.262 e. The lowest BCUT2D eigenvalue weighted by Crippen LogP contribution is -2.34. The first-order valence-electron chi connectivity index (χ1n) is 9.83. The maximum absolute atomic E-state index is 13.1. The Balaban J connectivity index is 1.56. The SMILES string of the molecule is COc1ccccc1CN(C)C(=O)Cn1cnc2sc3c(c2c1=O)CCC(C)C3. The largest absolute Gasteiger partial charge is 0.496 e. The van der Waals surface area contributed by atoms with E-state index in [9.17, 15) is 9.59 Å². The van der Waals surface area contributed by atoms with Gasteiger partial charge in [-0.3, -0.25) is 14.2 Å². The van der Waals surface area contributed by atoms with E-state index in [1.165, 1.54) is 15.8 Å². The van der Waals surface area contributed by atoms with E-state index >= 15 is 0 Å². The van der Waals surface area contributed by atoms with E-state index in [1.807, 2.05) is 24.3 Å². The molecule has 4 rings (SSSR count). The van der Waals surface area contributed by atoms with Crippen LogP contribution in [0.5, 0.6) is 5.75 Å². The summed E-state index contributed by atoms with van der Waals surface area (Å²) in [6, 6.07) is 7.61. The summed E-state index contributed by atoms with van der Waals surface area (Å²) in [7, 11) is 3.35. The summed E-state index contributed by atoms with van der Waals surface area (Å²) in [5.41, 5.74) is 1.96. The third-order valence-electron chi connectivity index (χ3n) is 5.61. The Labute approximate surface area is 173 Å². The van der Waals surface area contributed by atoms with Gasteiger partial charge in [-0.1, -0.05) is 25.1 Å². The van der Waals surface area contributed by atoms with Gasteiger partial charge in [-0.15, -0.1) is 11.3 Å². The van der Waals surface area contributed by atoms with Crippen molar-refractivity contribution in [2.75, 3.05) is 14.2 Å². The minimum Gasteiger partial charge on any atom is -0.496 e. The van der Waals surface area contributed by atoms with Crippen molar-refractivity contribution in [3.63, 3.8) is 0 Å². The molecule has 1 atom stereocenters. The fraction of sp³-hybridized carbons (Fsp3) is 0.409. The van der Waals surface area contributed by atoms with Crippen LogP contribution in [0.3, 0.4) is 0 Å². The van der Waals surface area contributed by atoms with E-state index in [1.54, 1.807) is 30.4 Å². The van der Waals surface area contributed by atoms with Crippen molar-refractivity contribution in [3.8, 4) is 5.75 Å². The molecule has 1 aliphatic carbocycles. The number of rotatable bonds is 5. The molecule has 0 saturated heterocycles. The Morgan fingerprint density at radius 1 is 1.38 bits per heavy atom. The molecule has 1 unspecified atom stereocenters. The molecule has 6 nitrogen and oxygen atoms in total. The topological polar surface area (TPSA) is 64.4 Å². The number of carbonyl (C=O) groups is 1. The Morgan fingerprint density at radius 3 is 2.97 bits per heavy atom. The van der Waals surface area contributed by atoms with Crippen molar-refractivity contribution >= 4 is 27.5 Å². The molecule has 2 heterocycles. The molecule has 0 fully saturated rings. The van der Waals surface area contributed by atoms with Gasteiger partial charge >= 0.3 is 0 Å². The first-order chi connectivity index (χ1) is 14.0. The van der Waals surface area contributed by atoms with Gasteiger partial charge in [0.05, 0.1) is 18.8 Å². The molecule has 1 amide bonds. The standard InChI is InChI=1S/C22H25N3O3S/c1-14-8-9-16-18(10-14)29-21-20(16)22(27)25(13-23-21)12-19(26)24(2)11-15-6-4-5-7-17(15)28-3/h4-7,13-14H,8-12H2,1-3H3. The molecule has 0 radical (unpaired) electrons. The van der Waals surface area contributed by atoms with Crippen molar-refractivity contribution in [2.24, 2.45) is 5.92 Å². The number of fused-ring (bicyclic) bond motifs is 3. The van der Waals surface area contributed by atoms with Gasteiger partial charge in [-0.25, -0.2) is 4.98 Å². The lowest BCUT2D eigenvalue weighted by molar-refractivity contribution is -0.131. The zero-order valence-corrected chi connectivity index (χ0v) is 17.8.